The van der Waals surface area contributed by atoms with E-state index in [0.29, 0.717) is 4.41 Å². The zero-order valence-electron chi connectivity index (χ0n) is 12.1. The van der Waals surface area contributed by atoms with Crippen LogP contribution in [0.2, 0.25) is 0 Å². The smallest absolute Gasteiger partial charge is 0.439 e. The highest BCUT2D eigenvalue weighted by molar-refractivity contribution is 7.77. The Bertz CT molecular complexity index is 348. The maximum atomic E-state index is 11.9. The van der Waals surface area contributed by atoms with Crippen LogP contribution in [-0.2, 0) is 16.0 Å². The monoisotopic (exact) mass is 292 g/mol. The van der Waals surface area contributed by atoms with Crippen LogP contribution in [0.5, 0.6) is 0 Å². The van der Waals surface area contributed by atoms with E-state index in [4.69, 9.17) is 4.74 Å². The van der Waals surface area contributed by atoms with E-state index in [1.54, 1.807) is 20.8 Å². The minimum absolute atomic E-state index is 0.340. The quantitative estimate of drug-likeness (QED) is 0.617. The summed E-state index contributed by atoms with van der Waals surface area (Å²) in [5, 5.41) is 0. The van der Waals surface area contributed by atoms with Gasteiger partial charge in [0.1, 0.15) is 5.60 Å². The summed E-state index contributed by atoms with van der Waals surface area (Å²) in [5.41, 5.74) is 1.82. The van der Waals surface area contributed by atoms with Gasteiger partial charge in [0, 0.05) is 5.54 Å². The summed E-state index contributed by atoms with van der Waals surface area (Å²) in [6.45, 7) is 7.10. The van der Waals surface area contributed by atoms with Crippen LogP contribution in [-0.4, -0.2) is 30.4 Å². The summed E-state index contributed by atoms with van der Waals surface area (Å²) in [4.78, 5) is 11.9. The van der Waals surface area contributed by atoms with E-state index in [1.807, 2.05) is 6.92 Å². The van der Waals surface area contributed by atoms with Gasteiger partial charge in [0.15, 0.2) is 0 Å². The zero-order chi connectivity index (χ0) is 14.7. The van der Waals surface area contributed by atoms with Crippen molar-refractivity contribution in [2.24, 2.45) is 0 Å². The van der Waals surface area contributed by atoms with Crippen LogP contribution in [0.4, 0.5) is 4.79 Å². The van der Waals surface area contributed by atoms with Crippen molar-refractivity contribution in [2.45, 2.75) is 70.9 Å². The van der Waals surface area contributed by atoms with E-state index in [9.17, 15) is 13.6 Å². The van der Waals surface area contributed by atoms with Gasteiger partial charge in [-0.15, -0.1) is 4.41 Å². The van der Waals surface area contributed by atoms with Crippen molar-refractivity contribution in [3.63, 3.8) is 0 Å². The maximum absolute atomic E-state index is 11.9. The van der Waals surface area contributed by atoms with Crippen LogP contribution in [0.25, 0.3) is 0 Å². The van der Waals surface area contributed by atoms with Gasteiger partial charge in [0.2, 0.25) is 0 Å². The number of carbonyl (C=O) groups excluding carboxylic acids is 1. The number of hydrogen-bond acceptors (Lipinski definition) is 4. The number of ether oxygens (including phenoxy) is 1. The highest BCUT2D eigenvalue weighted by Crippen LogP contribution is 2.28. The second kappa shape index (κ2) is 6.19. The summed E-state index contributed by atoms with van der Waals surface area (Å²) >= 11 is -2.45. The van der Waals surface area contributed by atoms with Crippen LogP contribution < -0.4 is 5.43 Å². The fourth-order valence-electron chi connectivity index (χ4n) is 2.14. The Morgan fingerprint density at radius 2 is 1.84 bits per heavy atom. The van der Waals surface area contributed by atoms with Gasteiger partial charge in [-0.25, -0.2) is 14.4 Å². The van der Waals surface area contributed by atoms with Gasteiger partial charge in [0.25, 0.3) is 11.3 Å². The molecule has 19 heavy (non-hydrogen) atoms. The number of nitrogens with one attached hydrogen (secondary N) is 1. The lowest BCUT2D eigenvalue weighted by Crippen LogP contribution is -2.56. The highest BCUT2D eigenvalue weighted by atomic mass is 32.2. The lowest BCUT2D eigenvalue weighted by atomic mass is 9.84. The second-order valence-electron chi connectivity index (χ2n) is 6.24. The first-order chi connectivity index (χ1) is 8.63. The fourth-order valence-corrected chi connectivity index (χ4v) is 2.60. The maximum Gasteiger partial charge on any atom is 0.439 e. The molecule has 1 saturated carbocycles. The third-order valence-corrected chi connectivity index (χ3v) is 3.60. The first-order valence-electron chi connectivity index (χ1n) is 6.55. The van der Waals surface area contributed by atoms with Gasteiger partial charge in [-0.3, -0.25) is 4.55 Å². The summed E-state index contributed by atoms with van der Waals surface area (Å²) in [6.07, 6.45) is 4.15. The van der Waals surface area contributed by atoms with Crippen molar-refractivity contribution in [1.82, 2.24) is 9.84 Å². The Labute approximate surface area is 117 Å². The molecular formula is C12H24N2O4S. The Balaban J connectivity index is 2.72. The van der Waals surface area contributed by atoms with Gasteiger partial charge in [-0.2, -0.15) is 0 Å². The molecule has 7 heteroatoms. The standard InChI is InChI=1S/C12H24N2O4S/c1-11(2,3)18-10(15)14(19(16)17)13-12(4)8-6-5-7-9-12/h13H,5-9H2,1-4H3,(H,16,17). The molecule has 1 aliphatic rings. The molecule has 0 saturated heterocycles. The van der Waals surface area contributed by atoms with E-state index in [2.05, 4.69) is 5.43 Å². The summed E-state index contributed by atoms with van der Waals surface area (Å²) < 4.78 is 26.4. The average Bonchev–Trinajstić information content (AvgIpc) is 2.24. The molecule has 1 unspecified atom stereocenters. The third-order valence-electron chi connectivity index (χ3n) is 3.04. The number of amides is 1. The van der Waals surface area contributed by atoms with Crippen LogP contribution >= 0.6 is 0 Å². The Morgan fingerprint density at radius 1 is 1.32 bits per heavy atom. The molecule has 0 radical (unpaired) electrons. The molecule has 1 rings (SSSR count). The van der Waals surface area contributed by atoms with E-state index in [0.717, 1.165) is 32.1 Å². The van der Waals surface area contributed by atoms with E-state index >= 15 is 0 Å². The Morgan fingerprint density at radius 3 is 2.26 bits per heavy atom. The molecule has 112 valence electrons. The van der Waals surface area contributed by atoms with Crippen LogP contribution in [0.15, 0.2) is 0 Å². The first-order valence-corrected chi connectivity index (χ1v) is 7.61. The van der Waals surface area contributed by atoms with E-state index < -0.39 is 23.0 Å². The number of hydrogen-bond donors (Lipinski definition) is 2. The molecule has 0 aromatic rings. The van der Waals surface area contributed by atoms with Crippen molar-refractivity contribution in [3.05, 3.63) is 0 Å². The number of nitrogens with zero attached hydrogens (tertiary/aromatic N) is 1. The molecule has 0 aliphatic heterocycles. The van der Waals surface area contributed by atoms with Crippen molar-refractivity contribution in [3.8, 4) is 0 Å². The van der Waals surface area contributed by atoms with Crippen molar-refractivity contribution in [2.75, 3.05) is 0 Å². The van der Waals surface area contributed by atoms with E-state index in [1.165, 1.54) is 0 Å². The first kappa shape index (κ1) is 16.4. The van der Waals surface area contributed by atoms with Gasteiger partial charge in [-0.05, 0) is 40.5 Å². The molecule has 2 N–H and O–H groups in total. The summed E-state index contributed by atoms with van der Waals surface area (Å²) in [7, 11) is 0. The normalized spacial score (nSPS) is 20.7. The van der Waals surface area contributed by atoms with Crippen LogP contribution in [0, 0.1) is 0 Å². The molecule has 0 bridgehead atoms. The zero-order valence-corrected chi connectivity index (χ0v) is 12.9. The average molecular weight is 292 g/mol. The van der Waals surface area contributed by atoms with Crippen molar-refractivity contribution in [1.29, 1.82) is 0 Å². The number of hydrazine groups is 1. The fraction of sp³-hybridized carbons (Fsp3) is 0.917. The molecule has 6 nitrogen and oxygen atoms in total. The van der Waals surface area contributed by atoms with Crippen LogP contribution in [0.3, 0.4) is 0 Å². The predicted octanol–water partition coefficient (Wildman–Crippen LogP) is 2.59. The minimum atomic E-state index is -2.45. The Kier molecular flexibility index (Phi) is 5.34. The molecule has 0 spiro atoms. The SMILES string of the molecule is CC1(NN(C(=O)OC(C)(C)C)S(=O)O)CCCCC1. The molecule has 0 aromatic heterocycles. The molecule has 1 amide bonds. The largest absolute Gasteiger partial charge is 0.442 e. The molecule has 0 aromatic carbocycles. The van der Waals surface area contributed by atoms with Crippen molar-refractivity contribution < 1.29 is 18.3 Å². The summed E-state index contributed by atoms with van der Waals surface area (Å²) in [6, 6.07) is 0. The van der Waals surface area contributed by atoms with Gasteiger partial charge in [0.05, 0.1) is 0 Å². The molecule has 1 atom stereocenters. The highest BCUT2D eigenvalue weighted by Gasteiger charge is 2.34. The summed E-state index contributed by atoms with van der Waals surface area (Å²) in [5.74, 6) is 0. The van der Waals surface area contributed by atoms with Gasteiger partial charge >= 0.3 is 6.09 Å². The Hall–Kier alpha value is -0.660. The molecular weight excluding hydrogens is 268 g/mol. The molecule has 1 fully saturated rings. The molecule has 0 heterocycles. The molecule has 1 aliphatic carbocycles. The second-order valence-corrected chi connectivity index (χ2v) is 7.07. The van der Waals surface area contributed by atoms with Gasteiger partial charge < -0.3 is 4.74 Å². The third kappa shape index (κ3) is 5.46. The lowest BCUT2D eigenvalue weighted by molar-refractivity contribution is 0.0224. The topological polar surface area (TPSA) is 78.9 Å². The number of rotatable bonds is 3. The van der Waals surface area contributed by atoms with Crippen LogP contribution in [0.1, 0.15) is 59.8 Å². The minimum Gasteiger partial charge on any atom is -0.442 e. The predicted molar refractivity (Wildman–Crippen MR) is 73.5 cm³/mol. The van der Waals surface area contributed by atoms with Gasteiger partial charge in [-0.1, -0.05) is 19.3 Å². The van der Waals surface area contributed by atoms with E-state index in [-0.39, 0.29) is 5.54 Å². The number of carbonyl (C=O) groups is 1. The lowest BCUT2D eigenvalue weighted by Gasteiger charge is -2.37. The van der Waals surface area contributed by atoms with Crippen molar-refractivity contribution >= 4 is 17.4 Å².